The molecule has 0 radical (unpaired) electrons. The molecule has 5 nitrogen and oxygen atoms in total. The molecule has 2 heterocycles. The van der Waals surface area contributed by atoms with Crippen molar-refractivity contribution < 1.29 is 4.52 Å². The van der Waals surface area contributed by atoms with Gasteiger partial charge in [-0.05, 0) is 20.8 Å². The Labute approximate surface area is 101 Å². The Kier molecular flexibility index (Phi) is 3.28. The lowest BCUT2D eigenvalue weighted by Crippen LogP contribution is -2.21. The lowest BCUT2D eigenvalue weighted by molar-refractivity contribution is 0.390. The maximum atomic E-state index is 5.17. The summed E-state index contributed by atoms with van der Waals surface area (Å²) >= 11 is 0. The van der Waals surface area contributed by atoms with E-state index in [-0.39, 0.29) is 6.04 Å². The Balaban J connectivity index is 2.03. The van der Waals surface area contributed by atoms with Crippen LogP contribution in [0.25, 0.3) is 0 Å². The zero-order valence-corrected chi connectivity index (χ0v) is 10.7. The van der Waals surface area contributed by atoms with Gasteiger partial charge in [0.1, 0.15) is 11.6 Å². The van der Waals surface area contributed by atoms with Crippen LogP contribution in [0.5, 0.6) is 0 Å². The van der Waals surface area contributed by atoms with Crippen LogP contribution in [0, 0.1) is 13.8 Å². The fourth-order valence-corrected chi connectivity index (χ4v) is 2.02. The largest absolute Gasteiger partial charge is 0.361 e. The first-order chi connectivity index (χ1) is 8.09. The topological polar surface area (TPSA) is 55.9 Å². The molecule has 0 fully saturated rings. The van der Waals surface area contributed by atoms with Gasteiger partial charge < -0.3 is 14.4 Å². The van der Waals surface area contributed by atoms with Crippen LogP contribution in [-0.4, -0.2) is 14.7 Å². The van der Waals surface area contributed by atoms with E-state index in [2.05, 4.69) is 22.4 Å². The fraction of sp³-hybridized carbons (Fsp3) is 0.500. The zero-order chi connectivity index (χ0) is 12.4. The molecule has 1 unspecified atom stereocenters. The van der Waals surface area contributed by atoms with E-state index in [1.54, 1.807) is 6.20 Å². The molecular formula is C12H18N4O. The number of nitrogens with one attached hydrogen (secondary N) is 1. The van der Waals surface area contributed by atoms with Gasteiger partial charge in [-0.15, -0.1) is 0 Å². The van der Waals surface area contributed by atoms with Gasteiger partial charge in [0.05, 0.1) is 12.2 Å². The number of hydrogen-bond donors (Lipinski definition) is 1. The van der Waals surface area contributed by atoms with Crippen molar-refractivity contribution in [1.82, 2.24) is 20.0 Å². The molecule has 0 saturated carbocycles. The molecular weight excluding hydrogens is 216 g/mol. The third-order valence-electron chi connectivity index (χ3n) is 3.01. The van der Waals surface area contributed by atoms with Crippen LogP contribution in [-0.2, 0) is 13.6 Å². The first-order valence-corrected chi connectivity index (χ1v) is 5.72. The highest BCUT2D eigenvalue weighted by Crippen LogP contribution is 2.20. The van der Waals surface area contributed by atoms with Crippen molar-refractivity contribution in [2.45, 2.75) is 33.4 Å². The van der Waals surface area contributed by atoms with Crippen LogP contribution in [0.3, 0.4) is 0 Å². The predicted octanol–water partition coefficient (Wildman–Crippen LogP) is 1.88. The van der Waals surface area contributed by atoms with Gasteiger partial charge in [-0.25, -0.2) is 4.98 Å². The van der Waals surface area contributed by atoms with E-state index in [1.807, 2.05) is 31.7 Å². The molecule has 2 aromatic rings. The normalized spacial score (nSPS) is 12.9. The van der Waals surface area contributed by atoms with Crippen LogP contribution in [0.2, 0.25) is 0 Å². The molecule has 0 amide bonds. The van der Waals surface area contributed by atoms with Gasteiger partial charge in [0, 0.05) is 31.0 Å². The van der Waals surface area contributed by atoms with Crippen molar-refractivity contribution in [3.8, 4) is 0 Å². The van der Waals surface area contributed by atoms with E-state index in [0.717, 1.165) is 29.4 Å². The molecule has 0 aromatic carbocycles. The summed E-state index contributed by atoms with van der Waals surface area (Å²) in [6.45, 7) is 6.74. The summed E-state index contributed by atoms with van der Waals surface area (Å²) in [6, 6.07) is 0.206. The summed E-state index contributed by atoms with van der Waals surface area (Å²) in [7, 11) is 1.99. The summed E-state index contributed by atoms with van der Waals surface area (Å²) < 4.78 is 7.17. The van der Waals surface area contributed by atoms with Crippen molar-refractivity contribution >= 4 is 0 Å². The smallest absolute Gasteiger partial charge is 0.138 e. The van der Waals surface area contributed by atoms with Gasteiger partial charge >= 0.3 is 0 Å². The third-order valence-corrected chi connectivity index (χ3v) is 3.01. The molecule has 0 spiro atoms. The molecule has 0 aliphatic carbocycles. The van der Waals surface area contributed by atoms with E-state index in [9.17, 15) is 0 Å². The van der Waals surface area contributed by atoms with Gasteiger partial charge in [0.2, 0.25) is 0 Å². The molecule has 1 N–H and O–H groups in total. The fourth-order valence-electron chi connectivity index (χ4n) is 2.02. The maximum Gasteiger partial charge on any atom is 0.138 e. The van der Waals surface area contributed by atoms with Crippen molar-refractivity contribution in [3.05, 3.63) is 35.2 Å². The monoisotopic (exact) mass is 234 g/mol. The first-order valence-electron chi connectivity index (χ1n) is 5.72. The molecule has 92 valence electrons. The van der Waals surface area contributed by atoms with Crippen LogP contribution in [0.4, 0.5) is 0 Å². The van der Waals surface area contributed by atoms with Crippen molar-refractivity contribution in [1.29, 1.82) is 0 Å². The lowest BCUT2D eigenvalue weighted by Gasteiger charge is -2.13. The molecule has 17 heavy (non-hydrogen) atoms. The minimum Gasteiger partial charge on any atom is -0.361 e. The standard InChI is InChI=1S/C12H18N4O/c1-8(12-9(2)15-17-10(12)3)14-7-11-13-5-6-16(11)4/h5-6,8,14H,7H2,1-4H3. The molecule has 2 rings (SSSR count). The van der Waals surface area contributed by atoms with Gasteiger partial charge in [0.15, 0.2) is 0 Å². The minimum atomic E-state index is 0.206. The average Bonchev–Trinajstić information content (AvgIpc) is 2.83. The summed E-state index contributed by atoms with van der Waals surface area (Å²) in [5.74, 6) is 1.89. The Morgan fingerprint density at radius 1 is 1.47 bits per heavy atom. The Morgan fingerprint density at radius 2 is 2.24 bits per heavy atom. The van der Waals surface area contributed by atoms with Gasteiger partial charge in [-0.2, -0.15) is 0 Å². The second-order valence-electron chi connectivity index (χ2n) is 4.29. The van der Waals surface area contributed by atoms with E-state index in [4.69, 9.17) is 4.52 Å². The Hall–Kier alpha value is -1.62. The summed E-state index contributed by atoms with van der Waals surface area (Å²) in [4.78, 5) is 4.28. The molecule has 1 atom stereocenters. The Bertz CT molecular complexity index is 481. The second kappa shape index (κ2) is 4.71. The predicted molar refractivity (Wildman–Crippen MR) is 64.4 cm³/mol. The molecule has 0 aliphatic heterocycles. The van der Waals surface area contributed by atoms with Crippen molar-refractivity contribution in [3.63, 3.8) is 0 Å². The quantitative estimate of drug-likeness (QED) is 0.877. The summed E-state index contributed by atoms with van der Waals surface area (Å²) in [5.41, 5.74) is 2.08. The molecule has 0 bridgehead atoms. The molecule has 2 aromatic heterocycles. The number of imidazole rings is 1. The van der Waals surface area contributed by atoms with E-state index >= 15 is 0 Å². The molecule has 5 heteroatoms. The average molecular weight is 234 g/mol. The van der Waals surface area contributed by atoms with Gasteiger partial charge in [-0.3, -0.25) is 0 Å². The van der Waals surface area contributed by atoms with Crippen LogP contribution < -0.4 is 5.32 Å². The minimum absolute atomic E-state index is 0.206. The highest BCUT2D eigenvalue weighted by Gasteiger charge is 2.16. The summed E-state index contributed by atoms with van der Waals surface area (Å²) in [5, 5.41) is 7.39. The number of hydrogen-bond acceptors (Lipinski definition) is 4. The van der Waals surface area contributed by atoms with Crippen molar-refractivity contribution in [2.75, 3.05) is 0 Å². The highest BCUT2D eigenvalue weighted by molar-refractivity contribution is 5.24. The third kappa shape index (κ3) is 2.39. The van der Waals surface area contributed by atoms with E-state index in [0.29, 0.717) is 0 Å². The molecule has 0 aliphatic rings. The Morgan fingerprint density at radius 3 is 2.76 bits per heavy atom. The SMILES string of the molecule is Cc1noc(C)c1C(C)NCc1nccn1C. The number of nitrogens with zero attached hydrogens (tertiary/aromatic N) is 3. The number of aromatic nitrogens is 3. The first kappa shape index (κ1) is 11.9. The summed E-state index contributed by atoms with van der Waals surface area (Å²) in [6.07, 6.45) is 3.75. The number of aryl methyl sites for hydroxylation is 3. The van der Waals surface area contributed by atoms with Gasteiger partial charge in [-0.1, -0.05) is 5.16 Å². The zero-order valence-electron chi connectivity index (χ0n) is 10.7. The van der Waals surface area contributed by atoms with Crippen LogP contribution in [0.1, 0.15) is 35.8 Å². The number of rotatable bonds is 4. The van der Waals surface area contributed by atoms with Crippen molar-refractivity contribution in [2.24, 2.45) is 7.05 Å². The maximum absolute atomic E-state index is 5.17. The van der Waals surface area contributed by atoms with Crippen LogP contribution in [0.15, 0.2) is 16.9 Å². The van der Waals surface area contributed by atoms with Crippen LogP contribution >= 0.6 is 0 Å². The lowest BCUT2D eigenvalue weighted by atomic mass is 10.1. The van der Waals surface area contributed by atoms with E-state index < -0.39 is 0 Å². The van der Waals surface area contributed by atoms with E-state index in [1.165, 1.54) is 0 Å². The van der Waals surface area contributed by atoms with Gasteiger partial charge in [0.25, 0.3) is 0 Å². The molecule has 0 saturated heterocycles. The highest BCUT2D eigenvalue weighted by atomic mass is 16.5. The second-order valence-corrected chi connectivity index (χ2v) is 4.29.